The van der Waals surface area contributed by atoms with Crippen LogP contribution in [0.5, 0.6) is 0 Å². The lowest BCUT2D eigenvalue weighted by Gasteiger charge is -2.21. The zero-order valence-electron chi connectivity index (χ0n) is 12.2. The third kappa shape index (κ3) is 3.44. The predicted octanol–water partition coefficient (Wildman–Crippen LogP) is 3.09. The maximum atomic E-state index is 4.64. The van der Waals surface area contributed by atoms with Crippen molar-refractivity contribution in [2.24, 2.45) is 0 Å². The summed E-state index contributed by atoms with van der Waals surface area (Å²) in [7, 11) is 0. The van der Waals surface area contributed by atoms with Crippen molar-refractivity contribution in [3.63, 3.8) is 0 Å². The molecule has 1 aromatic heterocycles. The van der Waals surface area contributed by atoms with Gasteiger partial charge in [0.05, 0.1) is 11.7 Å². The maximum absolute atomic E-state index is 4.64. The molecule has 19 heavy (non-hydrogen) atoms. The Morgan fingerprint density at radius 3 is 2.37 bits per heavy atom. The van der Waals surface area contributed by atoms with Gasteiger partial charge in [-0.05, 0) is 25.5 Å². The van der Waals surface area contributed by atoms with Crippen molar-refractivity contribution in [1.82, 2.24) is 15.1 Å². The van der Waals surface area contributed by atoms with E-state index in [0.29, 0.717) is 6.04 Å². The Kier molecular flexibility index (Phi) is 4.38. The van der Waals surface area contributed by atoms with Gasteiger partial charge in [-0.1, -0.05) is 44.2 Å². The number of aryl methyl sites for hydroxylation is 2. The summed E-state index contributed by atoms with van der Waals surface area (Å²) in [6, 6.07) is 13.4. The number of benzene rings is 1. The summed E-state index contributed by atoms with van der Waals surface area (Å²) >= 11 is 0. The molecule has 1 N–H and O–H groups in total. The van der Waals surface area contributed by atoms with E-state index in [1.807, 2.05) is 6.92 Å². The fourth-order valence-electron chi connectivity index (χ4n) is 2.33. The van der Waals surface area contributed by atoms with E-state index < -0.39 is 0 Å². The van der Waals surface area contributed by atoms with Crippen LogP contribution in [-0.4, -0.2) is 22.4 Å². The van der Waals surface area contributed by atoms with Crippen LogP contribution < -0.4 is 5.32 Å². The van der Waals surface area contributed by atoms with Crippen LogP contribution in [0.15, 0.2) is 36.4 Å². The van der Waals surface area contributed by atoms with Gasteiger partial charge < -0.3 is 5.32 Å². The molecule has 2 aromatic rings. The van der Waals surface area contributed by atoms with E-state index in [9.17, 15) is 0 Å². The monoisotopic (exact) mass is 257 g/mol. The predicted molar refractivity (Wildman–Crippen MR) is 79.4 cm³/mol. The number of hydrogen-bond donors (Lipinski definition) is 1. The average molecular weight is 257 g/mol. The Morgan fingerprint density at radius 2 is 1.84 bits per heavy atom. The Morgan fingerprint density at radius 1 is 1.16 bits per heavy atom. The topological polar surface area (TPSA) is 29.9 Å². The van der Waals surface area contributed by atoms with E-state index in [2.05, 4.69) is 72.3 Å². The van der Waals surface area contributed by atoms with Gasteiger partial charge in [-0.2, -0.15) is 5.10 Å². The second-order valence-corrected chi connectivity index (χ2v) is 5.36. The lowest BCUT2D eigenvalue weighted by molar-refractivity contribution is 0.447. The Balaban J connectivity index is 2.31. The minimum Gasteiger partial charge on any atom is -0.312 e. The zero-order chi connectivity index (χ0) is 13.8. The Hall–Kier alpha value is -1.61. The second-order valence-electron chi connectivity index (χ2n) is 5.36. The lowest BCUT2D eigenvalue weighted by atomic mass is 10.1. The van der Waals surface area contributed by atoms with E-state index in [1.54, 1.807) is 0 Å². The van der Waals surface area contributed by atoms with Crippen LogP contribution in [0, 0.1) is 13.8 Å². The zero-order valence-corrected chi connectivity index (χ0v) is 12.2. The molecule has 0 aliphatic rings. The van der Waals surface area contributed by atoms with Crippen LogP contribution in [0.3, 0.4) is 0 Å². The number of nitrogens with one attached hydrogen (secondary N) is 1. The minimum absolute atomic E-state index is 0.248. The summed E-state index contributed by atoms with van der Waals surface area (Å²) in [5.74, 6) is 0. The lowest BCUT2D eigenvalue weighted by Crippen LogP contribution is -2.32. The first-order valence-corrected chi connectivity index (χ1v) is 6.89. The van der Waals surface area contributed by atoms with Gasteiger partial charge in [0, 0.05) is 18.3 Å². The molecular formula is C16H23N3. The van der Waals surface area contributed by atoms with Crippen LogP contribution >= 0.6 is 0 Å². The fourth-order valence-corrected chi connectivity index (χ4v) is 2.33. The highest BCUT2D eigenvalue weighted by Gasteiger charge is 2.16. The molecule has 3 nitrogen and oxygen atoms in total. The van der Waals surface area contributed by atoms with Gasteiger partial charge in [-0.3, -0.25) is 4.68 Å². The van der Waals surface area contributed by atoms with Gasteiger partial charge in [-0.15, -0.1) is 0 Å². The van der Waals surface area contributed by atoms with Crippen molar-refractivity contribution in [1.29, 1.82) is 0 Å². The van der Waals surface area contributed by atoms with Crippen molar-refractivity contribution in [3.8, 4) is 0 Å². The summed E-state index contributed by atoms with van der Waals surface area (Å²) in [5, 5.41) is 8.16. The van der Waals surface area contributed by atoms with E-state index in [4.69, 9.17) is 0 Å². The molecule has 1 unspecified atom stereocenters. The highest BCUT2D eigenvalue weighted by Crippen LogP contribution is 2.19. The van der Waals surface area contributed by atoms with Gasteiger partial charge in [0.25, 0.3) is 0 Å². The molecule has 3 heteroatoms. The van der Waals surface area contributed by atoms with E-state index >= 15 is 0 Å². The molecule has 1 aromatic carbocycles. The largest absolute Gasteiger partial charge is 0.312 e. The van der Waals surface area contributed by atoms with Crippen LogP contribution in [0.1, 0.15) is 36.8 Å². The van der Waals surface area contributed by atoms with Crippen LogP contribution in [-0.2, 0) is 0 Å². The smallest absolute Gasteiger partial charge is 0.0896 e. The number of aromatic nitrogens is 2. The van der Waals surface area contributed by atoms with Gasteiger partial charge in [0.15, 0.2) is 0 Å². The summed E-state index contributed by atoms with van der Waals surface area (Å²) in [6.45, 7) is 9.39. The fraction of sp³-hybridized carbons (Fsp3) is 0.438. The van der Waals surface area contributed by atoms with Crippen LogP contribution in [0.25, 0.3) is 0 Å². The third-order valence-corrected chi connectivity index (χ3v) is 3.24. The highest BCUT2D eigenvalue weighted by atomic mass is 15.3. The molecule has 0 fully saturated rings. The number of rotatable bonds is 5. The molecule has 1 atom stereocenters. The molecule has 0 bridgehead atoms. The molecule has 0 spiro atoms. The molecule has 0 saturated heterocycles. The summed E-state index contributed by atoms with van der Waals surface area (Å²) in [6.07, 6.45) is 0. The first-order valence-electron chi connectivity index (χ1n) is 6.89. The van der Waals surface area contributed by atoms with Gasteiger partial charge in [0.2, 0.25) is 0 Å². The minimum atomic E-state index is 0.248. The quantitative estimate of drug-likeness (QED) is 0.892. The SMILES string of the molecule is Cc1cc(C)n(C(CNC(C)C)c2ccccc2)n1. The van der Waals surface area contributed by atoms with E-state index in [1.165, 1.54) is 11.3 Å². The standard InChI is InChI=1S/C16H23N3/c1-12(2)17-11-16(15-8-6-5-7-9-15)19-14(4)10-13(3)18-19/h5-10,12,16-17H,11H2,1-4H3. The maximum Gasteiger partial charge on any atom is 0.0896 e. The number of hydrogen-bond acceptors (Lipinski definition) is 2. The summed E-state index contributed by atoms with van der Waals surface area (Å²) in [4.78, 5) is 0. The summed E-state index contributed by atoms with van der Waals surface area (Å²) in [5.41, 5.74) is 3.57. The van der Waals surface area contributed by atoms with Crippen molar-refractivity contribution >= 4 is 0 Å². The molecule has 0 aliphatic carbocycles. The van der Waals surface area contributed by atoms with Gasteiger partial charge in [-0.25, -0.2) is 0 Å². The van der Waals surface area contributed by atoms with Crippen molar-refractivity contribution in [2.45, 2.75) is 39.8 Å². The molecule has 0 amide bonds. The normalized spacial score (nSPS) is 12.9. The first-order chi connectivity index (χ1) is 9.08. The van der Waals surface area contributed by atoms with Crippen molar-refractivity contribution in [2.75, 3.05) is 6.54 Å². The summed E-state index contributed by atoms with van der Waals surface area (Å²) < 4.78 is 2.13. The third-order valence-electron chi connectivity index (χ3n) is 3.24. The molecule has 0 saturated carbocycles. The van der Waals surface area contributed by atoms with E-state index in [-0.39, 0.29) is 6.04 Å². The molecule has 1 heterocycles. The molecule has 102 valence electrons. The van der Waals surface area contributed by atoms with Crippen molar-refractivity contribution < 1.29 is 0 Å². The Bertz CT molecular complexity index is 514. The number of nitrogens with zero attached hydrogens (tertiary/aromatic N) is 2. The molecule has 0 aliphatic heterocycles. The van der Waals surface area contributed by atoms with E-state index in [0.717, 1.165) is 12.2 Å². The Labute approximate surface area is 115 Å². The van der Waals surface area contributed by atoms with Gasteiger partial charge >= 0.3 is 0 Å². The van der Waals surface area contributed by atoms with Crippen LogP contribution in [0.4, 0.5) is 0 Å². The molecular weight excluding hydrogens is 234 g/mol. The van der Waals surface area contributed by atoms with Crippen molar-refractivity contribution in [3.05, 3.63) is 53.3 Å². The van der Waals surface area contributed by atoms with Crippen LogP contribution in [0.2, 0.25) is 0 Å². The molecule has 2 rings (SSSR count). The molecule has 0 radical (unpaired) electrons. The first kappa shape index (κ1) is 13.8. The second kappa shape index (κ2) is 6.02. The highest BCUT2D eigenvalue weighted by molar-refractivity contribution is 5.22. The average Bonchev–Trinajstić information content (AvgIpc) is 2.70. The van der Waals surface area contributed by atoms with Gasteiger partial charge in [0.1, 0.15) is 0 Å².